The first kappa shape index (κ1) is 12.1. The van der Waals surface area contributed by atoms with Crippen molar-refractivity contribution in [1.29, 1.82) is 0 Å². The summed E-state index contributed by atoms with van der Waals surface area (Å²) in [5, 5.41) is 14.2. The van der Waals surface area contributed by atoms with Crippen LogP contribution in [0.4, 0.5) is 4.39 Å². The molecular formula is C12H12ClFN2O. The van der Waals surface area contributed by atoms with E-state index in [0.717, 1.165) is 0 Å². The van der Waals surface area contributed by atoms with Crippen molar-refractivity contribution in [2.75, 3.05) is 0 Å². The van der Waals surface area contributed by atoms with Gasteiger partial charge in [0.05, 0.1) is 23.0 Å². The number of aryl methyl sites for hydroxylation is 1. The fourth-order valence-corrected chi connectivity index (χ4v) is 1.78. The highest BCUT2D eigenvalue weighted by atomic mass is 35.5. The number of aliphatic hydroxyl groups excluding tert-OH is 1. The molecule has 0 saturated carbocycles. The Labute approximate surface area is 103 Å². The van der Waals surface area contributed by atoms with Crippen LogP contribution < -0.4 is 0 Å². The maximum absolute atomic E-state index is 13.5. The summed E-state index contributed by atoms with van der Waals surface area (Å²) in [5.41, 5.74) is 1.61. The summed E-state index contributed by atoms with van der Waals surface area (Å²) in [6, 6.07) is 2.96. The van der Waals surface area contributed by atoms with Crippen LogP contribution in [0.2, 0.25) is 5.02 Å². The third-order valence-electron chi connectivity index (χ3n) is 2.56. The quantitative estimate of drug-likeness (QED) is 0.895. The van der Waals surface area contributed by atoms with Crippen LogP contribution in [0.1, 0.15) is 24.2 Å². The van der Waals surface area contributed by atoms with Gasteiger partial charge in [0.2, 0.25) is 0 Å². The number of benzene rings is 1. The van der Waals surface area contributed by atoms with Gasteiger partial charge in [0.1, 0.15) is 5.82 Å². The van der Waals surface area contributed by atoms with Gasteiger partial charge in [-0.25, -0.2) is 9.07 Å². The van der Waals surface area contributed by atoms with E-state index in [1.807, 2.05) is 0 Å². The van der Waals surface area contributed by atoms with E-state index in [9.17, 15) is 9.50 Å². The Balaban J connectivity index is 2.63. The summed E-state index contributed by atoms with van der Waals surface area (Å²) in [6.07, 6.45) is 2.33. The molecule has 1 aromatic carbocycles. The molecule has 90 valence electrons. The normalized spacial score (nSPS) is 12.8. The molecule has 0 fully saturated rings. The average molecular weight is 255 g/mol. The Hall–Kier alpha value is -1.39. The molecule has 5 heteroatoms. The minimum atomic E-state index is -0.775. The van der Waals surface area contributed by atoms with Gasteiger partial charge < -0.3 is 5.11 Å². The van der Waals surface area contributed by atoms with Crippen molar-refractivity contribution < 1.29 is 9.50 Å². The average Bonchev–Trinajstić information content (AvgIpc) is 2.68. The van der Waals surface area contributed by atoms with Crippen molar-refractivity contribution in [1.82, 2.24) is 9.78 Å². The molecule has 3 nitrogen and oxygen atoms in total. The van der Waals surface area contributed by atoms with Gasteiger partial charge >= 0.3 is 0 Å². The second kappa shape index (κ2) is 4.47. The van der Waals surface area contributed by atoms with Gasteiger partial charge in [0.25, 0.3) is 0 Å². The van der Waals surface area contributed by atoms with Crippen molar-refractivity contribution in [3.63, 3.8) is 0 Å². The third kappa shape index (κ3) is 2.33. The van der Waals surface area contributed by atoms with Crippen LogP contribution in [-0.4, -0.2) is 14.9 Å². The molecule has 1 N–H and O–H groups in total. The van der Waals surface area contributed by atoms with Crippen LogP contribution in [0.3, 0.4) is 0 Å². The Morgan fingerprint density at radius 1 is 1.47 bits per heavy atom. The third-order valence-corrected chi connectivity index (χ3v) is 2.75. The van der Waals surface area contributed by atoms with Crippen LogP contribution in [0, 0.1) is 12.7 Å². The highest BCUT2D eigenvalue weighted by molar-refractivity contribution is 6.30. The van der Waals surface area contributed by atoms with Crippen molar-refractivity contribution >= 4 is 11.6 Å². The van der Waals surface area contributed by atoms with Gasteiger partial charge in [0, 0.05) is 11.8 Å². The lowest BCUT2D eigenvalue weighted by atomic mass is 10.1. The highest BCUT2D eigenvalue weighted by Crippen LogP contribution is 2.25. The molecule has 1 atom stereocenters. The zero-order chi connectivity index (χ0) is 12.6. The van der Waals surface area contributed by atoms with E-state index in [2.05, 4.69) is 5.10 Å². The smallest absolute Gasteiger partial charge is 0.126 e. The lowest BCUT2D eigenvalue weighted by Gasteiger charge is -2.13. The molecule has 2 rings (SSSR count). The summed E-state index contributed by atoms with van der Waals surface area (Å²) in [5.74, 6) is -0.345. The molecule has 0 aliphatic rings. The van der Waals surface area contributed by atoms with Crippen LogP contribution in [0.5, 0.6) is 0 Å². The lowest BCUT2D eigenvalue weighted by Crippen LogP contribution is -2.05. The second-order valence-electron chi connectivity index (χ2n) is 3.94. The van der Waals surface area contributed by atoms with E-state index in [1.165, 1.54) is 16.9 Å². The molecule has 1 unspecified atom stereocenters. The predicted octanol–water partition coefficient (Wildman–Crippen LogP) is 3.03. The molecular weight excluding hydrogens is 243 g/mol. The Morgan fingerprint density at radius 2 is 2.18 bits per heavy atom. The molecule has 0 saturated heterocycles. The summed E-state index contributed by atoms with van der Waals surface area (Å²) < 4.78 is 15.0. The first-order chi connectivity index (χ1) is 7.99. The number of nitrogens with zero attached hydrogens (tertiary/aromatic N) is 2. The Bertz CT molecular complexity index is 551. The lowest BCUT2D eigenvalue weighted by molar-refractivity contribution is 0.198. The molecule has 0 spiro atoms. The van der Waals surface area contributed by atoms with Crippen LogP contribution in [0.25, 0.3) is 5.69 Å². The fraction of sp³-hybridized carbons (Fsp3) is 0.250. The number of hydrogen-bond acceptors (Lipinski definition) is 2. The molecule has 0 bridgehead atoms. The van der Waals surface area contributed by atoms with Crippen molar-refractivity contribution in [3.8, 4) is 5.69 Å². The van der Waals surface area contributed by atoms with Gasteiger partial charge in [0.15, 0.2) is 0 Å². The van der Waals surface area contributed by atoms with Crippen molar-refractivity contribution in [2.24, 2.45) is 0 Å². The summed E-state index contributed by atoms with van der Waals surface area (Å²) in [4.78, 5) is 0. The van der Waals surface area contributed by atoms with Crippen molar-refractivity contribution in [2.45, 2.75) is 20.0 Å². The van der Waals surface area contributed by atoms with Crippen molar-refractivity contribution in [3.05, 3.63) is 46.5 Å². The largest absolute Gasteiger partial charge is 0.389 e. The van der Waals surface area contributed by atoms with E-state index >= 15 is 0 Å². The number of halogens is 2. The molecule has 1 aromatic heterocycles. The van der Waals surface area contributed by atoms with E-state index < -0.39 is 6.10 Å². The molecule has 17 heavy (non-hydrogen) atoms. The maximum Gasteiger partial charge on any atom is 0.126 e. The fourth-order valence-electron chi connectivity index (χ4n) is 1.65. The predicted molar refractivity (Wildman–Crippen MR) is 63.9 cm³/mol. The summed E-state index contributed by atoms with van der Waals surface area (Å²) in [7, 11) is 0. The first-order valence-electron chi connectivity index (χ1n) is 5.17. The standard InChI is InChI=1S/C12H12ClFN2O/c1-7-3-12(16-6-9(13)5-15-16)10(8(2)17)4-11(7)14/h3-6,8,17H,1-2H3. The zero-order valence-corrected chi connectivity index (χ0v) is 10.2. The molecule has 0 aliphatic heterocycles. The molecule has 0 aliphatic carbocycles. The van der Waals surface area contributed by atoms with E-state index in [0.29, 0.717) is 21.8 Å². The topological polar surface area (TPSA) is 38.0 Å². The minimum absolute atomic E-state index is 0.345. The van der Waals surface area contributed by atoms with E-state index in [-0.39, 0.29) is 5.82 Å². The molecule has 0 radical (unpaired) electrons. The number of aromatic nitrogens is 2. The Morgan fingerprint density at radius 3 is 2.71 bits per heavy atom. The summed E-state index contributed by atoms with van der Waals surface area (Å²) in [6.45, 7) is 3.24. The van der Waals surface area contributed by atoms with Gasteiger partial charge in [-0.3, -0.25) is 0 Å². The van der Waals surface area contributed by atoms with E-state index in [4.69, 9.17) is 11.6 Å². The second-order valence-corrected chi connectivity index (χ2v) is 4.38. The maximum atomic E-state index is 13.5. The number of rotatable bonds is 2. The van der Waals surface area contributed by atoms with Crippen LogP contribution >= 0.6 is 11.6 Å². The SMILES string of the molecule is Cc1cc(-n2cc(Cl)cn2)c(C(C)O)cc1F. The zero-order valence-electron chi connectivity index (χ0n) is 9.48. The first-order valence-corrected chi connectivity index (χ1v) is 5.55. The van der Waals surface area contributed by atoms with Gasteiger partial charge in [-0.15, -0.1) is 0 Å². The van der Waals surface area contributed by atoms with Gasteiger partial charge in [-0.1, -0.05) is 11.6 Å². The Kier molecular flexibility index (Phi) is 3.17. The van der Waals surface area contributed by atoms with Gasteiger partial charge in [-0.05, 0) is 31.5 Å². The number of aliphatic hydroxyl groups is 1. The molecule has 1 heterocycles. The van der Waals surface area contributed by atoms with Gasteiger partial charge in [-0.2, -0.15) is 5.10 Å². The minimum Gasteiger partial charge on any atom is -0.389 e. The highest BCUT2D eigenvalue weighted by Gasteiger charge is 2.13. The summed E-state index contributed by atoms with van der Waals surface area (Å²) >= 11 is 5.79. The van der Waals surface area contributed by atoms with E-state index in [1.54, 1.807) is 26.1 Å². The van der Waals surface area contributed by atoms with Crippen LogP contribution in [0.15, 0.2) is 24.5 Å². The van der Waals surface area contributed by atoms with Crippen LogP contribution in [-0.2, 0) is 0 Å². The monoisotopic (exact) mass is 254 g/mol. The molecule has 2 aromatic rings. The number of hydrogen-bond donors (Lipinski definition) is 1. The molecule has 0 amide bonds.